The summed E-state index contributed by atoms with van der Waals surface area (Å²) in [5, 5.41) is 13.1. The van der Waals surface area contributed by atoms with E-state index in [1.165, 1.54) is 0 Å². The van der Waals surface area contributed by atoms with Crippen molar-refractivity contribution in [1.29, 1.82) is 0 Å². The van der Waals surface area contributed by atoms with Gasteiger partial charge in [-0.15, -0.1) is 5.10 Å². The summed E-state index contributed by atoms with van der Waals surface area (Å²) in [4.78, 5) is 19.5. The molecule has 2 fully saturated rings. The molecule has 4 heterocycles. The third-order valence-electron chi connectivity index (χ3n) is 6.87. The van der Waals surface area contributed by atoms with Crippen LogP contribution in [0.5, 0.6) is 0 Å². The molecule has 4 atom stereocenters. The average molecular weight is 424 g/mol. The van der Waals surface area contributed by atoms with Crippen LogP contribution in [-0.2, 0) is 11.2 Å². The fourth-order valence-electron chi connectivity index (χ4n) is 5.18. The Labute approximate surface area is 181 Å². The first-order valence-corrected chi connectivity index (χ1v) is 11.2. The van der Waals surface area contributed by atoms with Crippen LogP contribution in [0.3, 0.4) is 0 Å². The number of aryl methyl sites for hydroxylation is 1. The molecule has 1 aliphatic carbocycles. The van der Waals surface area contributed by atoms with E-state index in [1.807, 2.05) is 21.8 Å². The van der Waals surface area contributed by atoms with Gasteiger partial charge in [0.25, 0.3) is 5.91 Å². The largest absolute Gasteiger partial charge is 0.379 e. The molecule has 1 saturated heterocycles. The van der Waals surface area contributed by atoms with Gasteiger partial charge in [0.05, 0.1) is 24.0 Å². The van der Waals surface area contributed by atoms with Gasteiger partial charge in [0, 0.05) is 38.8 Å². The number of carbonyl (C=O) groups is 1. The van der Waals surface area contributed by atoms with E-state index in [2.05, 4.69) is 33.5 Å². The Hall–Kier alpha value is -2.81. The van der Waals surface area contributed by atoms with Gasteiger partial charge in [-0.05, 0) is 43.6 Å². The van der Waals surface area contributed by atoms with Crippen LogP contribution < -0.4 is 0 Å². The molecule has 5 rings (SSSR count). The summed E-state index contributed by atoms with van der Waals surface area (Å²) in [7, 11) is 1.77. The molecule has 164 valence electrons. The first-order chi connectivity index (χ1) is 15.2. The second kappa shape index (κ2) is 8.37. The van der Waals surface area contributed by atoms with Crippen molar-refractivity contribution >= 4 is 11.6 Å². The molecule has 0 unspecified atom stereocenters. The number of ether oxygens (including phenoxy) is 1. The summed E-state index contributed by atoms with van der Waals surface area (Å²) in [5.74, 6) is 0.873. The minimum atomic E-state index is 0.0104. The zero-order valence-corrected chi connectivity index (χ0v) is 18.1. The molecule has 9 heteroatoms. The Morgan fingerprint density at radius 3 is 2.90 bits per heavy atom. The molecular formula is C22H29N7O2. The Morgan fingerprint density at radius 1 is 1.26 bits per heavy atom. The van der Waals surface area contributed by atoms with E-state index >= 15 is 0 Å². The maximum Gasteiger partial charge on any atom is 0.259 e. The summed E-state index contributed by atoms with van der Waals surface area (Å²) < 4.78 is 9.51. The van der Waals surface area contributed by atoms with Crippen LogP contribution in [0.2, 0.25) is 0 Å². The van der Waals surface area contributed by atoms with Crippen LogP contribution in [0.4, 0.5) is 0 Å². The van der Waals surface area contributed by atoms with Gasteiger partial charge in [0.1, 0.15) is 5.56 Å². The Bertz CT molecular complexity index is 1060. The second-order valence-electron chi connectivity index (χ2n) is 8.78. The number of fused-ring (bicyclic) bond motifs is 2. The number of nitrogens with zero attached hydrogens (tertiary/aromatic N) is 7. The van der Waals surface area contributed by atoms with E-state index in [-0.39, 0.29) is 18.1 Å². The number of likely N-dealkylation sites (tertiary alicyclic amines) is 1. The molecule has 9 nitrogen and oxygen atoms in total. The molecule has 31 heavy (non-hydrogen) atoms. The molecule has 2 aliphatic rings. The summed E-state index contributed by atoms with van der Waals surface area (Å²) in [6.45, 7) is 3.68. The van der Waals surface area contributed by atoms with E-state index < -0.39 is 0 Å². The average Bonchev–Trinajstić information content (AvgIpc) is 3.53. The van der Waals surface area contributed by atoms with E-state index in [0.717, 1.165) is 50.9 Å². The van der Waals surface area contributed by atoms with E-state index in [1.54, 1.807) is 24.0 Å². The topological polar surface area (TPSA) is 90.4 Å². The lowest BCUT2D eigenvalue weighted by atomic mass is 9.77. The zero-order chi connectivity index (χ0) is 21.4. The van der Waals surface area contributed by atoms with Crippen LogP contribution in [0, 0.1) is 11.8 Å². The zero-order valence-electron chi connectivity index (χ0n) is 18.1. The third-order valence-corrected chi connectivity index (χ3v) is 6.87. The highest BCUT2D eigenvalue weighted by Gasteiger charge is 2.45. The van der Waals surface area contributed by atoms with Gasteiger partial charge in [0.2, 0.25) is 0 Å². The molecule has 0 spiro atoms. The Balaban J connectivity index is 1.31. The fourth-order valence-corrected chi connectivity index (χ4v) is 5.18. The van der Waals surface area contributed by atoms with Crippen molar-refractivity contribution in [2.45, 2.75) is 51.2 Å². The van der Waals surface area contributed by atoms with Gasteiger partial charge >= 0.3 is 0 Å². The summed E-state index contributed by atoms with van der Waals surface area (Å²) in [5.41, 5.74) is 2.22. The number of hydrogen-bond donors (Lipinski definition) is 0. The molecular weight excluding hydrogens is 394 g/mol. The maximum atomic E-state index is 13.2. The molecule has 0 bridgehead atoms. The second-order valence-corrected chi connectivity index (χ2v) is 8.78. The van der Waals surface area contributed by atoms with Crippen molar-refractivity contribution in [3.05, 3.63) is 42.1 Å². The molecule has 3 aromatic heterocycles. The standard InChI is InChI=1S/C22H29N7O2/c1-3-4-6-17-14-29(26-25-17)19-9-15-12-27(13-16(15)10-20(19)31-2)22(30)18-11-24-28-8-5-7-23-21(18)28/h5,7-8,11,14-16,19-20H,3-4,6,9-10,12-13H2,1-2H3/t15-,16+,19-,20-/m1/s1. The smallest absolute Gasteiger partial charge is 0.259 e. The van der Waals surface area contributed by atoms with Crippen LogP contribution in [0.1, 0.15) is 54.7 Å². The SMILES string of the molecule is CCCCc1cn([C@@H]2C[C@@H]3CN(C(=O)c4cnn5cccnc45)C[C@@H]3C[C@H]2OC)nn1. The lowest BCUT2D eigenvalue weighted by Crippen LogP contribution is -2.37. The Morgan fingerprint density at radius 2 is 2.10 bits per heavy atom. The minimum absolute atomic E-state index is 0.0104. The van der Waals surface area contributed by atoms with Crippen molar-refractivity contribution in [3.8, 4) is 0 Å². The number of hydrogen-bond acceptors (Lipinski definition) is 6. The molecule has 1 amide bonds. The van der Waals surface area contributed by atoms with Crippen molar-refractivity contribution in [2.24, 2.45) is 11.8 Å². The molecule has 3 aromatic rings. The highest BCUT2D eigenvalue weighted by Crippen LogP contribution is 2.42. The van der Waals surface area contributed by atoms with Crippen LogP contribution in [0.15, 0.2) is 30.9 Å². The number of rotatable bonds is 6. The van der Waals surface area contributed by atoms with Crippen molar-refractivity contribution < 1.29 is 9.53 Å². The molecule has 0 N–H and O–H groups in total. The molecule has 0 aromatic carbocycles. The Kier molecular flexibility index (Phi) is 5.43. The number of amides is 1. The van der Waals surface area contributed by atoms with Crippen LogP contribution in [0.25, 0.3) is 5.65 Å². The number of methoxy groups -OCH3 is 1. The lowest BCUT2D eigenvalue weighted by molar-refractivity contribution is -0.00546. The first kappa shape index (κ1) is 20.1. The van der Waals surface area contributed by atoms with Gasteiger partial charge in [0.15, 0.2) is 5.65 Å². The van der Waals surface area contributed by atoms with Crippen LogP contribution in [-0.4, -0.2) is 66.7 Å². The monoisotopic (exact) mass is 423 g/mol. The number of carbonyl (C=O) groups excluding carboxylic acids is 1. The van der Waals surface area contributed by atoms with Gasteiger partial charge in [-0.2, -0.15) is 5.10 Å². The summed E-state index contributed by atoms with van der Waals surface area (Å²) >= 11 is 0. The summed E-state index contributed by atoms with van der Waals surface area (Å²) in [6.07, 6.45) is 12.4. The first-order valence-electron chi connectivity index (χ1n) is 11.2. The maximum absolute atomic E-state index is 13.2. The number of unbranched alkanes of at least 4 members (excludes halogenated alkanes) is 1. The normalized spacial score (nSPS) is 25.8. The van der Waals surface area contributed by atoms with Crippen molar-refractivity contribution in [1.82, 2.24) is 34.5 Å². The van der Waals surface area contributed by atoms with E-state index in [9.17, 15) is 4.79 Å². The summed E-state index contributed by atoms with van der Waals surface area (Å²) in [6, 6.07) is 1.96. The third kappa shape index (κ3) is 3.71. The fraction of sp³-hybridized carbons (Fsp3) is 0.591. The molecule has 1 aliphatic heterocycles. The van der Waals surface area contributed by atoms with Crippen molar-refractivity contribution in [2.75, 3.05) is 20.2 Å². The van der Waals surface area contributed by atoms with E-state index in [4.69, 9.17) is 4.74 Å². The lowest BCUT2D eigenvalue weighted by Gasteiger charge is -2.36. The molecule has 1 saturated carbocycles. The minimum Gasteiger partial charge on any atom is -0.379 e. The molecule has 0 radical (unpaired) electrons. The highest BCUT2D eigenvalue weighted by molar-refractivity contribution is 5.99. The van der Waals surface area contributed by atoms with Gasteiger partial charge in [-0.3, -0.25) is 4.79 Å². The quantitative estimate of drug-likeness (QED) is 0.605. The van der Waals surface area contributed by atoms with Crippen molar-refractivity contribution in [3.63, 3.8) is 0 Å². The number of aromatic nitrogens is 6. The van der Waals surface area contributed by atoms with Gasteiger partial charge in [-0.25, -0.2) is 14.2 Å². The van der Waals surface area contributed by atoms with Gasteiger partial charge in [-0.1, -0.05) is 18.6 Å². The van der Waals surface area contributed by atoms with E-state index in [0.29, 0.717) is 23.0 Å². The van der Waals surface area contributed by atoms with Crippen LogP contribution >= 0.6 is 0 Å². The predicted molar refractivity (Wildman–Crippen MR) is 114 cm³/mol. The predicted octanol–water partition coefficient (Wildman–Crippen LogP) is 2.40. The van der Waals surface area contributed by atoms with Gasteiger partial charge < -0.3 is 9.64 Å². The highest BCUT2D eigenvalue weighted by atomic mass is 16.5.